The minimum atomic E-state index is -0.107. The fourth-order valence-electron chi connectivity index (χ4n) is 2.25. The Morgan fingerprint density at radius 1 is 1.20 bits per heavy atom. The molecule has 1 aliphatic rings. The largest absolute Gasteiger partial charge is 0.490 e. The van der Waals surface area contributed by atoms with Crippen LogP contribution in [0.5, 0.6) is 5.75 Å². The van der Waals surface area contributed by atoms with E-state index in [4.69, 9.17) is 10.5 Å². The van der Waals surface area contributed by atoms with E-state index in [0.29, 0.717) is 6.10 Å². The van der Waals surface area contributed by atoms with Gasteiger partial charge < -0.3 is 10.5 Å². The van der Waals surface area contributed by atoms with Crippen LogP contribution in [0.25, 0.3) is 0 Å². The lowest BCUT2D eigenvalue weighted by molar-refractivity contribution is 0.303. The van der Waals surface area contributed by atoms with E-state index >= 15 is 0 Å². The van der Waals surface area contributed by atoms with Crippen LogP contribution in [0.1, 0.15) is 35.6 Å². The lowest BCUT2D eigenvalue weighted by Gasteiger charge is -2.17. The number of hydrogen-bond donors (Lipinski definition) is 1. The van der Waals surface area contributed by atoms with Gasteiger partial charge in [0.15, 0.2) is 0 Å². The average molecular weight is 379 g/mol. The highest BCUT2D eigenvalue weighted by molar-refractivity contribution is 14.1. The molecule has 2 N–H and O–H groups in total. The molecule has 0 bridgehead atoms. The number of ether oxygens (including phenoxy) is 1. The molecule has 0 aliphatic heterocycles. The van der Waals surface area contributed by atoms with Crippen molar-refractivity contribution in [3.8, 4) is 5.75 Å². The molecule has 1 atom stereocenters. The van der Waals surface area contributed by atoms with Gasteiger partial charge in [-0.1, -0.05) is 30.3 Å². The molecule has 20 heavy (non-hydrogen) atoms. The molecule has 1 saturated carbocycles. The second kappa shape index (κ2) is 5.74. The smallest absolute Gasteiger partial charge is 0.120 e. The summed E-state index contributed by atoms with van der Waals surface area (Å²) in [6.45, 7) is 2.12. The Balaban J connectivity index is 1.89. The zero-order valence-corrected chi connectivity index (χ0v) is 13.6. The van der Waals surface area contributed by atoms with Gasteiger partial charge in [0, 0.05) is 3.57 Å². The van der Waals surface area contributed by atoms with E-state index in [-0.39, 0.29) is 6.04 Å². The molecule has 1 unspecified atom stereocenters. The van der Waals surface area contributed by atoms with Crippen LogP contribution >= 0.6 is 22.6 Å². The maximum absolute atomic E-state index is 6.44. The van der Waals surface area contributed by atoms with Crippen LogP contribution < -0.4 is 10.5 Å². The van der Waals surface area contributed by atoms with Crippen molar-refractivity contribution in [1.82, 2.24) is 0 Å². The Bertz CT molecular complexity index is 622. The Labute approximate surface area is 133 Å². The Hall–Kier alpha value is -1.07. The fourth-order valence-corrected chi connectivity index (χ4v) is 2.94. The van der Waals surface area contributed by atoms with Gasteiger partial charge in [-0.15, -0.1) is 0 Å². The molecule has 0 radical (unpaired) electrons. The van der Waals surface area contributed by atoms with Crippen molar-refractivity contribution in [2.24, 2.45) is 5.73 Å². The van der Waals surface area contributed by atoms with Gasteiger partial charge in [0.05, 0.1) is 12.1 Å². The van der Waals surface area contributed by atoms with Gasteiger partial charge in [0.1, 0.15) is 5.75 Å². The maximum atomic E-state index is 6.44. The van der Waals surface area contributed by atoms with E-state index in [1.807, 2.05) is 12.1 Å². The third-order valence-corrected chi connectivity index (χ3v) is 5.07. The second-order valence-electron chi connectivity index (χ2n) is 5.35. The van der Waals surface area contributed by atoms with E-state index in [0.717, 1.165) is 11.3 Å². The highest BCUT2D eigenvalue weighted by atomic mass is 127. The lowest BCUT2D eigenvalue weighted by atomic mass is 9.98. The Kier molecular flexibility index (Phi) is 3.98. The first kappa shape index (κ1) is 13.9. The quantitative estimate of drug-likeness (QED) is 0.809. The van der Waals surface area contributed by atoms with Gasteiger partial charge in [0.25, 0.3) is 0 Å². The minimum Gasteiger partial charge on any atom is -0.490 e. The maximum Gasteiger partial charge on any atom is 0.120 e. The van der Waals surface area contributed by atoms with Crippen molar-refractivity contribution in [2.45, 2.75) is 31.9 Å². The number of halogens is 1. The first-order chi connectivity index (χ1) is 9.65. The molecule has 1 fully saturated rings. The first-order valence-electron chi connectivity index (χ1n) is 6.92. The van der Waals surface area contributed by atoms with Gasteiger partial charge in [-0.2, -0.15) is 0 Å². The zero-order valence-electron chi connectivity index (χ0n) is 11.5. The Morgan fingerprint density at radius 2 is 1.95 bits per heavy atom. The van der Waals surface area contributed by atoms with Crippen LogP contribution in [-0.4, -0.2) is 6.10 Å². The number of rotatable bonds is 4. The molecule has 1 aliphatic carbocycles. The van der Waals surface area contributed by atoms with Crippen LogP contribution in [0, 0.1) is 10.5 Å². The summed E-state index contributed by atoms with van der Waals surface area (Å²) >= 11 is 2.37. The summed E-state index contributed by atoms with van der Waals surface area (Å²) in [6.07, 6.45) is 2.76. The summed E-state index contributed by atoms with van der Waals surface area (Å²) in [5.41, 5.74) is 9.99. The number of benzene rings is 2. The summed E-state index contributed by atoms with van der Waals surface area (Å²) in [7, 11) is 0. The molecule has 3 heteroatoms. The van der Waals surface area contributed by atoms with Gasteiger partial charge in [-0.3, -0.25) is 0 Å². The minimum absolute atomic E-state index is 0.107. The van der Waals surface area contributed by atoms with E-state index in [2.05, 4.69) is 59.8 Å². The molecule has 2 nitrogen and oxygen atoms in total. The van der Waals surface area contributed by atoms with E-state index in [1.54, 1.807) is 0 Å². The van der Waals surface area contributed by atoms with Gasteiger partial charge in [-0.25, -0.2) is 0 Å². The fraction of sp³-hybridized carbons (Fsp3) is 0.294. The molecule has 104 valence electrons. The van der Waals surface area contributed by atoms with Crippen LogP contribution in [0.4, 0.5) is 0 Å². The Morgan fingerprint density at radius 3 is 2.70 bits per heavy atom. The molecule has 0 aromatic heterocycles. The van der Waals surface area contributed by atoms with Crippen LogP contribution in [0.2, 0.25) is 0 Å². The summed E-state index contributed by atoms with van der Waals surface area (Å²) in [5, 5.41) is 0. The molecule has 0 amide bonds. The number of aryl methyl sites for hydroxylation is 1. The van der Waals surface area contributed by atoms with Crippen molar-refractivity contribution in [3.63, 3.8) is 0 Å². The van der Waals surface area contributed by atoms with Crippen LogP contribution in [-0.2, 0) is 0 Å². The van der Waals surface area contributed by atoms with Crippen LogP contribution in [0.3, 0.4) is 0 Å². The molecule has 0 heterocycles. The van der Waals surface area contributed by atoms with Crippen LogP contribution in [0.15, 0.2) is 42.5 Å². The summed E-state index contributed by atoms with van der Waals surface area (Å²) in [5.74, 6) is 0.933. The van der Waals surface area contributed by atoms with Gasteiger partial charge in [-0.05, 0) is 71.2 Å². The average Bonchev–Trinajstić information content (AvgIpc) is 3.25. The third kappa shape index (κ3) is 2.99. The predicted octanol–water partition coefficient (Wildman–Crippen LogP) is 4.19. The predicted molar refractivity (Wildman–Crippen MR) is 90.0 cm³/mol. The molecular weight excluding hydrogens is 361 g/mol. The van der Waals surface area contributed by atoms with Crippen molar-refractivity contribution in [1.29, 1.82) is 0 Å². The zero-order chi connectivity index (χ0) is 14.1. The van der Waals surface area contributed by atoms with Gasteiger partial charge in [0.2, 0.25) is 0 Å². The van der Waals surface area contributed by atoms with Gasteiger partial charge >= 0.3 is 0 Å². The third-order valence-electron chi connectivity index (χ3n) is 3.60. The SMILES string of the molecule is Cc1cccc(C(N)c2cccc(OC3CC3)c2)c1I. The van der Waals surface area contributed by atoms with Crippen molar-refractivity contribution in [3.05, 3.63) is 62.7 Å². The standard InChI is InChI=1S/C17H18INO/c1-11-4-2-7-15(16(11)18)17(19)12-5-3-6-14(10-12)20-13-8-9-13/h2-7,10,13,17H,8-9,19H2,1H3. The molecule has 0 spiro atoms. The number of nitrogens with two attached hydrogens (primary N) is 1. The highest BCUT2D eigenvalue weighted by Crippen LogP contribution is 2.31. The summed E-state index contributed by atoms with van der Waals surface area (Å²) < 4.78 is 7.09. The molecule has 0 saturated heterocycles. The van der Waals surface area contributed by atoms with Crippen molar-refractivity contribution < 1.29 is 4.74 Å². The first-order valence-corrected chi connectivity index (χ1v) is 8.00. The highest BCUT2D eigenvalue weighted by Gasteiger charge is 2.23. The number of hydrogen-bond acceptors (Lipinski definition) is 2. The lowest BCUT2D eigenvalue weighted by Crippen LogP contribution is -2.14. The summed E-state index contributed by atoms with van der Waals surface area (Å²) in [4.78, 5) is 0. The summed E-state index contributed by atoms with van der Waals surface area (Å²) in [6, 6.07) is 14.4. The molecular formula is C17H18INO. The molecule has 3 rings (SSSR count). The van der Waals surface area contributed by atoms with E-state index in [9.17, 15) is 0 Å². The molecule has 2 aromatic carbocycles. The van der Waals surface area contributed by atoms with E-state index < -0.39 is 0 Å². The topological polar surface area (TPSA) is 35.2 Å². The van der Waals surface area contributed by atoms with E-state index in [1.165, 1.54) is 27.5 Å². The van der Waals surface area contributed by atoms with Crippen molar-refractivity contribution >= 4 is 22.6 Å². The normalized spacial score (nSPS) is 15.9. The molecule has 2 aromatic rings. The second-order valence-corrected chi connectivity index (χ2v) is 6.42. The van der Waals surface area contributed by atoms with Crippen molar-refractivity contribution in [2.75, 3.05) is 0 Å². The monoisotopic (exact) mass is 379 g/mol.